The first-order valence-electron chi connectivity index (χ1n) is 6.78. The Hall–Kier alpha value is -1.29. The van der Waals surface area contributed by atoms with Crippen LogP contribution in [-0.4, -0.2) is 36.5 Å². The van der Waals surface area contributed by atoms with Gasteiger partial charge in [0.05, 0.1) is 5.56 Å². The third-order valence-electron chi connectivity index (χ3n) is 3.50. The molecule has 1 aromatic rings. The van der Waals surface area contributed by atoms with Gasteiger partial charge in [-0.25, -0.2) is 0 Å². The molecule has 1 unspecified atom stereocenters. The minimum absolute atomic E-state index is 0.0710. The Morgan fingerprint density at radius 2 is 2.39 bits per heavy atom. The van der Waals surface area contributed by atoms with Crippen molar-refractivity contribution in [2.75, 3.05) is 19.6 Å². The van der Waals surface area contributed by atoms with Crippen molar-refractivity contribution in [3.05, 3.63) is 23.7 Å². The van der Waals surface area contributed by atoms with Crippen LogP contribution < -0.4 is 5.32 Å². The maximum atomic E-state index is 12.3. The summed E-state index contributed by atoms with van der Waals surface area (Å²) < 4.78 is 5.21. The normalized spacial score (nSPS) is 19.8. The smallest absolute Gasteiger partial charge is 0.257 e. The van der Waals surface area contributed by atoms with Crippen molar-refractivity contribution in [3.8, 4) is 0 Å². The molecule has 0 bridgehead atoms. The summed E-state index contributed by atoms with van der Waals surface area (Å²) in [7, 11) is 0. The van der Waals surface area contributed by atoms with Crippen LogP contribution in [0.25, 0.3) is 0 Å². The molecule has 18 heavy (non-hydrogen) atoms. The average Bonchev–Trinajstić information content (AvgIpc) is 2.83. The molecule has 1 amide bonds. The number of hydrogen-bond donors (Lipinski definition) is 1. The molecule has 1 aromatic heterocycles. The van der Waals surface area contributed by atoms with Gasteiger partial charge in [0.2, 0.25) is 0 Å². The van der Waals surface area contributed by atoms with Crippen LogP contribution in [0.15, 0.2) is 16.7 Å². The molecule has 1 aliphatic rings. The molecule has 0 radical (unpaired) electrons. The van der Waals surface area contributed by atoms with Gasteiger partial charge in [-0.1, -0.05) is 6.42 Å². The molecular formula is C14H22N2O2. The maximum Gasteiger partial charge on any atom is 0.257 e. The summed E-state index contributed by atoms with van der Waals surface area (Å²) in [6.07, 6.45) is 5.22. The van der Waals surface area contributed by atoms with Crippen molar-refractivity contribution in [3.63, 3.8) is 0 Å². The molecule has 1 aliphatic heterocycles. The standard InChI is InChI=1S/C14H22N2O2/c1-3-16(9-13-6-4-5-7-15-13)14(17)12-8-11(2)18-10-12/h8,10,13,15H,3-7,9H2,1-2H3. The number of rotatable bonds is 4. The summed E-state index contributed by atoms with van der Waals surface area (Å²) >= 11 is 0. The van der Waals surface area contributed by atoms with Gasteiger partial charge in [0.1, 0.15) is 12.0 Å². The fourth-order valence-corrected chi connectivity index (χ4v) is 2.44. The molecular weight excluding hydrogens is 228 g/mol. The lowest BCUT2D eigenvalue weighted by molar-refractivity contribution is 0.0741. The first-order chi connectivity index (χ1) is 8.70. The van der Waals surface area contributed by atoms with Crippen molar-refractivity contribution in [2.24, 2.45) is 0 Å². The summed E-state index contributed by atoms with van der Waals surface area (Å²) in [5.41, 5.74) is 0.658. The van der Waals surface area contributed by atoms with E-state index in [-0.39, 0.29) is 5.91 Å². The van der Waals surface area contributed by atoms with Crippen LogP contribution in [0, 0.1) is 6.92 Å². The van der Waals surface area contributed by atoms with E-state index in [2.05, 4.69) is 5.32 Å². The number of piperidine rings is 1. The van der Waals surface area contributed by atoms with Crippen LogP contribution in [-0.2, 0) is 0 Å². The Labute approximate surface area is 108 Å². The highest BCUT2D eigenvalue weighted by Crippen LogP contribution is 2.13. The highest BCUT2D eigenvalue weighted by atomic mass is 16.3. The molecule has 2 rings (SSSR count). The number of carbonyl (C=O) groups excluding carboxylic acids is 1. The van der Waals surface area contributed by atoms with E-state index in [1.54, 1.807) is 12.3 Å². The minimum atomic E-state index is 0.0710. The zero-order valence-corrected chi connectivity index (χ0v) is 11.2. The molecule has 0 spiro atoms. The molecule has 0 saturated carbocycles. The van der Waals surface area contributed by atoms with E-state index >= 15 is 0 Å². The molecule has 0 aliphatic carbocycles. The van der Waals surface area contributed by atoms with Gasteiger partial charge in [0, 0.05) is 19.1 Å². The van der Waals surface area contributed by atoms with Crippen LogP contribution in [0.4, 0.5) is 0 Å². The Bertz CT molecular complexity index is 394. The molecule has 1 saturated heterocycles. The van der Waals surface area contributed by atoms with E-state index in [1.807, 2.05) is 18.7 Å². The molecule has 100 valence electrons. The molecule has 1 fully saturated rings. The van der Waals surface area contributed by atoms with Gasteiger partial charge in [0.25, 0.3) is 5.91 Å². The summed E-state index contributed by atoms with van der Waals surface area (Å²) in [6, 6.07) is 2.25. The number of amides is 1. The van der Waals surface area contributed by atoms with Crippen molar-refractivity contribution in [1.29, 1.82) is 0 Å². The summed E-state index contributed by atoms with van der Waals surface area (Å²) in [4.78, 5) is 14.2. The van der Waals surface area contributed by atoms with Crippen LogP contribution in [0.2, 0.25) is 0 Å². The highest BCUT2D eigenvalue weighted by molar-refractivity contribution is 5.94. The number of likely N-dealkylation sites (N-methyl/N-ethyl adjacent to an activating group) is 1. The third-order valence-corrected chi connectivity index (χ3v) is 3.50. The van der Waals surface area contributed by atoms with E-state index in [1.165, 1.54) is 12.8 Å². The highest BCUT2D eigenvalue weighted by Gasteiger charge is 2.21. The third kappa shape index (κ3) is 3.13. The van der Waals surface area contributed by atoms with E-state index in [4.69, 9.17) is 4.42 Å². The lowest BCUT2D eigenvalue weighted by atomic mass is 10.0. The Balaban J connectivity index is 1.97. The first kappa shape index (κ1) is 13.1. The molecule has 4 nitrogen and oxygen atoms in total. The fourth-order valence-electron chi connectivity index (χ4n) is 2.44. The van der Waals surface area contributed by atoms with Gasteiger partial charge in [-0.05, 0) is 39.3 Å². The van der Waals surface area contributed by atoms with Gasteiger partial charge < -0.3 is 14.6 Å². The topological polar surface area (TPSA) is 45.5 Å². The number of aryl methyl sites for hydroxylation is 1. The quantitative estimate of drug-likeness (QED) is 0.891. The van der Waals surface area contributed by atoms with Crippen molar-refractivity contribution in [2.45, 2.75) is 39.2 Å². The van der Waals surface area contributed by atoms with Gasteiger partial charge in [-0.15, -0.1) is 0 Å². The monoisotopic (exact) mass is 250 g/mol. The van der Waals surface area contributed by atoms with Gasteiger partial charge >= 0.3 is 0 Å². The SMILES string of the molecule is CCN(CC1CCCCN1)C(=O)c1coc(C)c1. The summed E-state index contributed by atoms with van der Waals surface area (Å²) in [6.45, 7) is 6.48. The Morgan fingerprint density at radius 3 is 2.94 bits per heavy atom. The average molecular weight is 250 g/mol. The summed E-state index contributed by atoms with van der Waals surface area (Å²) in [5, 5.41) is 3.48. The molecule has 0 aromatic carbocycles. The minimum Gasteiger partial charge on any atom is -0.469 e. The number of nitrogens with one attached hydrogen (secondary N) is 1. The largest absolute Gasteiger partial charge is 0.469 e. The molecule has 4 heteroatoms. The second-order valence-electron chi connectivity index (χ2n) is 4.94. The van der Waals surface area contributed by atoms with E-state index in [9.17, 15) is 4.79 Å². The van der Waals surface area contributed by atoms with Crippen LogP contribution >= 0.6 is 0 Å². The van der Waals surface area contributed by atoms with E-state index in [0.29, 0.717) is 11.6 Å². The van der Waals surface area contributed by atoms with E-state index < -0.39 is 0 Å². The zero-order valence-electron chi connectivity index (χ0n) is 11.2. The van der Waals surface area contributed by atoms with Gasteiger partial charge in [-0.3, -0.25) is 4.79 Å². The number of hydrogen-bond acceptors (Lipinski definition) is 3. The van der Waals surface area contributed by atoms with Crippen LogP contribution in [0.1, 0.15) is 42.3 Å². The second-order valence-corrected chi connectivity index (χ2v) is 4.94. The number of furan rings is 1. The fraction of sp³-hybridized carbons (Fsp3) is 0.643. The lowest BCUT2D eigenvalue weighted by Gasteiger charge is -2.29. The first-order valence-corrected chi connectivity index (χ1v) is 6.78. The Morgan fingerprint density at radius 1 is 1.56 bits per heavy atom. The van der Waals surface area contributed by atoms with Gasteiger partial charge in [0.15, 0.2) is 0 Å². The van der Waals surface area contributed by atoms with Crippen molar-refractivity contribution in [1.82, 2.24) is 10.2 Å². The molecule has 1 atom stereocenters. The predicted octanol–water partition coefficient (Wildman–Crippen LogP) is 2.19. The predicted molar refractivity (Wildman–Crippen MR) is 70.7 cm³/mol. The zero-order chi connectivity index (χ0) is 13.0. The molecule has 1 N–H and O–H groups in total. The van der Waals surface area contributed by atoms with Crippen molar-refractivity contribution >= 4 is 5.91 Å². The lowest BCUT2D eigenvalue weighted by Crippen LogP contribution is -2.45. The van der Waals surface area contributed by atoms with E-state index in [0.717, 1.165) is 31.8 Å². The number of carbonyl (C=O) groups is 1. The van der Waals surface area contributed by atoms with Gasteiger partial charge in [-0.2, -0.15) is 0 Å². The second kappa shape index (κ2) is 6.05. The molecule has 2 heterocycles. The van der Waals surface area contributed by atoms with Crippen molar-refractivity contribution < 1.29 is 9.21 Å². The summed E-state index contributed by atoms with van der Waals surface area (Å²) in [5.74, 6) is 0.854. The van der Waals surface area contributed by atoms with Crippen LogP contribution in [0.5, 0.6) is 0 Å². The number of nitrogens with zero attached hydrogens (tertiary/aromatic N) is 1. The van der Waals surface area contributed by atoms with Crippen LogP contribution in [0.3, 0.4) is 0 Å². The Kier molecular flexibility index (Phi) is 4.42. The maximum absolute atomic E-state index is 12.3.